The lowest BCUT2D eigenvalue weighted by molar-refractivity contribution is -0.385. The molecule has 0 atom stereocenters. The Bertz CT molecular complexity index is 998. The van der Waals surface area contributed by atoms with Gasteiger partial charge in [-0.1, -0.05) is 0 Å². The first-order valence-electron chi connectivity index (χ1n) is 8.06. The number of ether oxygens (including phenoxy) is 1. The van der Waals surface area contributed by atoms with Gasteiger partial charge in [0.2, 0.25) is 0 Å². The number of halogens is 9. The van der Waals surface area contributed by atoms with E-state index in [4.69, 9.17) is 0 Å². The summed E-state index contributed by atoms with van der Waals surface area (Å²) in [7, 11) is 0. The van der Waals surface area contributed by atoms with E-state index >= 15 is 0 Å². The predicted molar refractivity (Wildman–Crippen MR) is 88.7 cm³/mol. The van der Waals surface area contributed by atoms with E-state index in [9.17, 15) is 54.4 Å². The average Bonchev–Trinajstić information content (AvgIpc) is 2.64. The third-order valence-electron chi connectivity index (χ3n) is 3.72. The van der Waals surface area contributed by atoms with Gasteiger partial charge in [0.15, 0.2) is 6.61 Å². The van der Waals surface area contributed by atoms with E-state index in [-0.39, 0.29) is 24.3 Å². The molecular formula is C17H9F9N2O4. The molecule has 32 heavy (non-hydrogen) atoms. The highest BCUT2D eigenvalue weighted by Crippen LogP contribution is 2.39. The molecule has 0 aliphatic heterocycles. The van der Waals surface area contributed by atoms with Crippen LogP contribution in [0.2, 0.25) is 0 Å². The van der Waals surface area contributed by atoms with E-state index in [1.807, 2.05) is 0 Å². The Morgan fingerprint density at radius 3 is 1.84 bits per heavy atom. The van der Waals surface area contributed by atoms with Gasteiger partial charge >= 0.3 is 18.5 Å². The zero-order valence-electron chi connectivity index (χ0n) is 15.2. The zero-order valence-corrected chi connectivity index (χ0v) is 15.2. The summed E-state index contributed by atoms with van der Waals surface area (Å²) in [5.74, 6) is -2.39. The Labute approximate surface area is 171 Å². The number of nitro benzene ring substituents is 1. The Kier molecular flexibility index (Phi) is 6.61. The van der Waals surface area contributed by atoms with Crippen LogP contribution < -0.4 is 10.1 Å². The van der Waals surface area contributed by atoms with Crippen LogP contribution >= 0.6 is 0 Å². The molecule has 2 aromatic rings. The van der Waals surface area contributed by atoms with Crippen molar-refractivity contribution in [1.82, 2.24) is 0 Å². The molecule has 0 aliphatic carbocycles. The largest absolute Gasteiger partial charge is 0.484 e. The maximum absolute atomic E-state index is 13.1. The summed E-state index contributed by atoms with van der Waals surface area (Å²) in [5.41, 5.74) is -6.92. The monoisotopic (exact) mass is 476 g/mol. The molecular weight excluding hydrogens is 467 g/mol. The maximum Gasteiger partial charge on any atom is 0.418 e. The van der Waals surface area contributed by atoms with E-state index in [1.54, 1.807) is 5.32 Å². The Morgan fingerprint density at radius 2 is 1.41 bits per heavy atom. The first-order chi connectivity index (χ1) is 14.5. The van der Waals surface area contributed by atoms with Crippen LogP contribution in [0.1, 0.15) is 16.7 Å². The molecule has 2 rings (SSSR count). The third-order valence-corrected chi connectivity index (χ3v) is 3.72. The van der Waals surface area contributed by atoms with Crippen molar-refractivity contribution in [2.75, 3.05) is 11.9 Å². The molecule has 0 fully saturated rings. The molecule has 0 heterocycles. The fourth-order valence-electron chi connectivity index (χ4n) is 2.33. The minimum Gasteiger partial charge on any atom is -0.484 e. The number of carbonyl (C=O) groups excluding carboxylic acids is 1. The lowest BCUT2D eigenvalue weighted by Crippen LogP contribution is -2.22. The van der Waals surface area contributed by atoms with Crippen molar-refractivity contribution in [2.45, 2.75) is 18.5 Å². The van der Waals surface area contributed by atoms with Gasteiger partial charge in [0, 0.05) is 12.1 Å². The lowest BCUT2D eigenvalue weighted by Gasteiger charge is -2.16. The summed E-state index contributed by atoms with van der Waals surface area (Å²) >= 11 is 0. The van der Waals surface area contributed by atoms with Gasteiger partial charge < -0.3 is 10.1 Å². The molecule has 15 heteroatoms. The number of carbonyl (C=O) groups is 1. The summed E-state index contributed by atoms with van der Waals surface area (Å²) in [6, 6.07) is 1.52. The van der Waals surface area contributed by atoms with Gasteiger partial charge in [0.25, 0.3) is 11.6 Å². The van der Waals surface area contributed by atoms with E-state index in [0.717, 1.165) is 0 Å². The van der Waals surface area contributed by atoms with Crippen molar-refractivity contribution < 1.29 is 54.0 Å². The van der Waals surface area contributed by atoms with Gasteiger partial charge in [-0.25, -0.2) is 0 Å². The van der Waals surface area contributed by atoms with Crippen molar-refractivity contribution in [3.63, 3.8) is 0 Å². The summed E-state index contributed by atoms with van der Waals surface area (Å²) in [5, 5.41) is 12.3. The second-order valence-electron chi connectivity index (χ2n) is 6.06. The SMILES string of the molecule is O=C(COc1cc(C(F)(F)F)cc(C(F)(F)F)c1)Nc1ccc([N+](=O)[O-])cc1C(F)(F)F. The number of hydrogen-bond donors (Lipinski definition) is 1. The van der Waals surface area contributed by atoms with Crippen LogP contribution in [0.5, 0.6) is 5.75 Å². The van der Waals surface area contributed by atoms with Crippen molar-refractivity contribution in [3.05, 3.63) is 63.2 Å². The van der Waals surface area contributed by atoms with Gasteiger partial charge in [0.1, 0.15) is 5.75 Å². The zero-order chi connectivity index (χ0) is 24.5. The molecule has 1 amide bonds. The molecule has 1 N–H and O–H groups in total. The number of rotatable bonds is 5. The molecule has 0 aliphatic rings. The Balaban J connectivity index is 2.25. The van der Waals surface area contributed by atoms with Crippen LogP contribution in [-0.4, -0.2) is 17.4 Å². The van der Waals surface area contributed by atoms with Crippen molar-refractivity contribution in [1.29, 1.82) is 0 Å². The number of anilines is 1. The molecule has 0 aromatic heterocycles. The second kappa shape index (κ2) is 8.55. The smallest absolute Gasteiger partial charge is 0.418 e. The molecule has 0 radical (unpaired) electrons. The molecule has 0 spiro atoms. The highest BCUT2D eigenvalue weighted by molar-refractivity contribution is 5.93. The quantitative estimate of drug-likeness (QED) is 0.343. The highest BCUT2D eigenvalue weighted by Gasteiger charge is 2.38. The van der Waals surface area contributed by atoms with Crippen LogP contribution in [0.25, 0.3) is 0 Å². The fraction of sp³-hybridized carbons (Fsp3) is 0.235. The first-order valence-corrected chi connectivity index (χ1v) is 8.06. The van der Waals surface area contributed by atoms with E-state index in [2.05, 4.69) is 4.74 Å². The first kappa shape index (κ1) is 24.7. The number of nitrogens with one attached hydrogen (secondary N) is 1. The number of alkyl halides is 9. The van der Waals surface area contributed by atoms with Crippen molar-refractivity contribution in [2.24, 2.45) is 0 Å². The van der Waals surface area contributed by atoms with Gasteiger partial charge in [-0.15, -0.1) is 0 Å². The maximum atomic E-state index is 13.1. The molecule has 0 saturated heterocycles. The topological polar surface area (TPSA) is 81.5 Å². The fourth-order valence-corrected chi connectivity index (χ4v) is 2.33. The highest BCUT2D eigenvalue weighted by atomic mass is 19.4. The number of non-ortho nitro benzene ring substituents is 1. The van der Waals surface area contributed by atoms with Crippen LogP contribution in [0, 0.1) is 10.1 Å². The summed E-state index contributed by atoms with van der Waals surface area (Å²) in [4.78, 5) is 21.4. The summed E-state index contributed by atoms with van der Waals surface area (Å²) in [6.45, 7) is -1.26. The van der Waals surface area contributed by atoms with Crippen LogP contribution in [-0.2, 0) is 23.3 Å². The lowest BCUT2D eigenvalue weighted by atomic mass is 10.1. The average molecular weight is 476 g/mol. The second-order valence-corrected chi connectivity index (χ2v) is 6.06. The van der Waals surface area contributed by atoms with Crippen molar-refractivity contribution >= 4 is 17.3 Å². The molecule has 0 bridgehead atoms. The minimum atomic E-state index is -5.18. The molecule has 174 valence electrons. The number of hydrogen-bond acceptors (Lipinski definition) is 4. The Hall–Kier alpha value is -3.52. The van der Waals surface area contributed by atoms with Crippen molar-refractivity contribution in [3.8, 4) is 5.75 Å². The van der Waals surface area contributed by atoms with Crippen LogP contribution in [0.3, 0.4) is 0 Å². The predicted octanol–water partition coefficient (Wildman–Crippen LogP) is 5.67. The number of amides is 1. The molecule has 0 saturated carbocycles. The van der Waals surface area contributed by atoms with E-state index < -0.39 is 69.8 Å². The van der Waals surface area contributed by atoms with E-state index in [1.165, 1.54) is 0 Å². The summed E-state index contributed by atoms with van der Waals surface area (Å²) in [6.07, 6.45) is -15.5. The van der Waals surface area contributed by atoms with Gasteiger partial charge in [-0.3, -0.25) is 14.9 Å². The van der Waals surface area contributed by atoms with E-state index in [0.29, 0.717) is 12.1 Å². The molecule has 6 nitrogen and oxygen atoms in total. The number of nitro groups is 1. The van der Waals surface area contributed by atoms with Gasteiger partial charge in [-0.05, 0) is 24.3 Å². The van der Waals surface area contributed by atoms with Crippen LogP contribution in [0.4, 0.5) is 50.9 Å². The van der Waals surface area contributed by atoms with Gasteiger partial charge in [-0.2, -0.15) is 39.5 Å². The Morgan fingerprint density at radius 1 is 0.875 bits per heavy atom. The van der Waals surface area contributed by atoms with Crippen LogP contribution in [0.15, 0.2) is 36.4 Å². The third kappa shape index (κ3) is 6.24. The number of benzene rings is 2. The van der Waals surface area contributed by atoms with Gasteiger partial charge in [0.05, 0.1) is 27.3 Å². The standard InChI is InChI=1S/C17H9F9N2O4/c18-15(19,20)8-3-9(16(21,22)23)5-11(4-8)32-7-14(29)27-13-2-1-10(28(30)31)6-12(13)17(24,25)26/h1-6H,7H2,(H,27,29). The molecule has 2 aromatic carbocycles. The number of nitrogens with zero attached hydrogens (tertiary/aromatic N) is 1. The summed E-state index contributed by atoms with van der Waals surface area (Å²) < 4.78 is 121. The molecule has 0 unspecified atom stereocenters. The minimum absolute atomic E-state index is 0.138. The normalized spacial score (nSPS) is 12.4.